The zero-order valence-electron chi connectivity index (χ0n) is 51.2. The zero-order chi connectivity index (χ0) is 66.2. The molecule has 9 amide bonds. The molecule has 0 aliphatic carbocycles. The number of nitrogens with two attached hydrogens (primary N) is 3. The highest BCUT2D eigenvalue weighted by molar-refractivity contribution is 5.99. The summed E-state index contributed by atoms with van der Waals surface area (Å²) in [7, 11) is 1.53. The molecule has 0 bridgehead atoms. The molecular formula is C55H94N16O16. The average Bonchev–Trinajstić information content (AvgIpc) is 2.06. The molecule has 2 unspecified atom stereocenters. The van der Waals surface area contributed by atoms with E-state index in [1.54, 1.807) is 40.7 Å². The van der Waals surface area contributed by atoms with Gasteiger partial charge in [-0.2, -0.15) is 0 Å². The number of nitrogens with zero attached hydrogens (tertiary/aromatic N) is 1. The van der Waals surface area contributed by atoms with Crippen molar-refractivity contribution in [1.29, 1.82) is 0 Å². The molecule has 1 aliphatic rings. The second kappa shape index (κ2) is 38.9. The van der Waals surface area contributed by atoms with Gasteiger partial charge >= 0.3 is 11.9 Å². The van der Waals surface area contributed by atoms with Gasteiger partial charge in [0, 0.05) is 13.0 Å². The van der Waals surface area contributed by atoms with E-state index in [4.69, 9.17) is 22.3 Å². The maximum Gasteiger partial charge on any atom is 0.305 e. The molecule has 0 saturated heterocycles. The van der Waals surface area contributed by atoms with Gasteiger partial charge in [0.1, 0.15) is 42.5 Å². The molecule has 490 valence electrons. The normalized spacial score (nSPS) is 22.1. The van der Waals surface area contributed by atoms with Crippen LogP contribution in [0.4, 0.5) is 0 Å². The Balaban J connectivity index is 4.08. The van der Waals surface area contributed by atoms with Gasteiger partial charge in [-0.3, -0.25) is 73.7 Å². The molecule has 1 aliphatic heterocycles. The van der Waals surface area contributed by atoms with E-state index in [1.807, 2.05) is 6.08 Å². The molecule has 1 rings (SSSR count). The predicted octanol–water partition coefficient (Wildman–Crippen LogP) is -4.25. The lowest BCUT2D eigenvalue weighted by Gasteiger charge is -2.35. The van der Waals surface area contributed by atoms with Gasteiger partial charge in [-0.15, -0.1) is 0 Å². The van der Waals surface area contributed by atoms with E-state index in [0.717, 1.165) is 0 Å². The summed E-state index contributed by atoms with van der Waals surface area (Å²) in [6.07, 6.45) is -0.882. The average molecular weight is 1240 g/mol. The predicted molar refractivity (Wildman–Crippen MR) is 316 cm³/mol. The molecule has 0 radical (unpaired) electrons. The Kier molecular flexibility index (Phi) is 34.5. The number of amides is 9. The number of rotatable bonds is 33. The number of aliphatic imine (C=N–C) groups is 1. The summed E-state index contributed by atoms with van der Waals surface area (Å²) in [6.45, 7) is 12.3. The Morgan fingerprint density at radius 2 is 1.20 bits per heavy atom. The molecule has 87 heavy (non-hydrogen) atoms. The summed E-state index contributed by atoms with van der Waals surface area (Å²) in [5.74, 6) is -13.5. The van der Waals surface area contributed by atoms with Gasteiger partial charge in [-0.1, -0.05) is 53.7 Å². The molecule has 11 atom stereocenters. The number of guanidine groups is 1. The van der Waals surface area contributed by atoms with Crippen molar-refractivity contribution in [2.75, 3.05) is 20.1 Å². The number of nitrogens with one attached hydrogen (secondary N) is 12. The molecule has 0 aromatic rings. The number of likely N-dealkylation sites (N-methyl/N-ethyl adjacent to an activating group) is 1. The molecular weight excluding hydrogens is 1140 g/mol. The Bertz CT molecular complexity index is 2440. The van der Waals surface area contributed by atoms with Crippen LogP contribution in [0.25, 0.3) is 0 Å². The van der Waals surface area contributed by atoms with E-state index in [9.17, 15) is 72.2 Å². The van der Waals surface area contributed by atoms with E-state index in [1.165, 1.54) is 27.8 Å². The van der Waals surface area contributed by atoms with E-state index in [2.05, 4.69) is 68.8 Å². The minimum atomic E-state index is -2.06. The van der Waals surface area contributed by atoms with Crippen LogP contribution in [-0.2, 0) is 67.1 Å². The molecule has 20 N–H and O–H groups in total. The van der Waals surface area contributed by atoms with Gasteiger partial charge in [0.15, 0.2) is 24.5 Å². The van der Waals surface area contributed by atoms with Gasteiger partial charge in [0.25, 0.3) is 17.7 Å². The third-order valence-corrected chi connectivity index (χ3v) is 13.9. The van der Waals surface area contributed by atoms with Crippen LogP contribution in [0, 0.1) is 17.8 Å². The van der Waals surface area contributed by atoms with Crippen molar-refractivity contribution in [3.63, 3.8) is 0 Å². The van der Waals surface area contributed by atoms with E-state index in [0.29, 0.717) is 31.7 Å². The van der Waals surface area contributed by atoms with Gasteiger partial charge in [0.2, 0.25) is 35.4 Å². The lowest BCUT2D eigenvalue weighted by atomic mass is 9.91. The van der Waals surface area contributed by atoms with Gasteiger partial charge in [-0.05, 0) is 109 Å². The number of primary amides is 1. The lowest BCUT2D eigenvalue weighted by molar-refractivity contribution is -0.140. The van der Waals surface area contributed by atoms with Crippen molar-refractivity contribution >= 4 is 89.9 Å². The monoisotopic (exact) mass is 1230 g/mol. The molecule has 32 nitrogen and oxygen atoms in total. The Morgan fingerprint density at radius 1 is 0.678 bits per heavy atom. The van der Waals surface area contributed by atoms with Gasteiger partial charge in [0.05, 0.1) is 36.6 Å². The minimum absolute atomic E-state index is 0.0622. The molecule has 0 aromatic heterocycles. The second-order valence-electron chi connectivity index (χ2n) is 22.9. The van der Waals surface area contributed by atoms with E-state index < -0.39 is 163 Å². The Labute approximate surface area is 506 Å². The Hall–Kier alpha value is -7.97. The summed E-state index contributed by atoms with van der Waals surface area (Å²) in [4.78, 5) is 190. The third-order valence-electron chi connectivity index (χ3n) is 13.9. The standard InChI is InChI=1S/C55H94N16O16/c1-30(2)23-34(28-73)63-43-48(83)69-45(64-35(29-74)24-31(3)4)50(85)71-55(8,21-15-13-11-10-12-14-20-54(7,59-9)51(86)70-44(49(84)68-43)62-33(27-72)17-16-22-60-53(57)58)52(87)66-36(18-19-39(76)77)46(81)67-41(32(5)6)47(82)61-26-38(75)65-37(42(56)80)25-40(78)79/h10-11,27-37,41,43-45,59,62-64H,12-26H2,1-9H3,(H2,56,80)(H,61,82)(H,65,75)(H,66,87)(H,67,81)(H,68,84)(H,69,83)(H,70,86)(H,71,85)(H,76,77)(H,78,79)(H4,57,58,60)/t33-,34-,35-,36-,37?,41?,43+,44+,45+,54+,55+/m0/s1. The number of carboxylic acids is 2. The fourth-order valence-electron chi connectivity index (χ4n) is 8.86. The molecule has 1 heterocycles. The highest BCUT2D eigenvalue weighted by atomic mass is 16.4. The first-order valence-corrected chi connectivity index (χ1v) is 28.9. The maximum absolute atomic E-state index is 14.9. The van der Waals surface area contributed by atoms with E-state index in [-0.39, 0.29) is 75.7 Å². The van der Waals surface area contributed by atoms with Crippen molar-refractivity contribution < 1.29 is 77.3 Å². The van der Waals surface area contributed by atoms with Crippen LogP contribution in [0.2, 0.25) is 0 Å². The largest absolute Gasteiger partial charge is 0.481 e. The SMILES string of the molecule is CN[C@]1(C)CCCC=CCCC[C@](C)(C(=O)N[C@@H](CCC(=O)O)C(=O)NC(C(=O)NCC(=O)NC(CC(=O)O)C(N)=O)C(C)C)NC(=O)[C@H](N[C@H](C=O)CC(C)C)NC(=O)[C@H](N[C@H](C=O)CC(C)C)NC(=O)[C@H](N[C@H](C=O)CCCN=C(N)N)NC1=O. The maximum atomic E-state index is 14.9. The number of hydrogen-bond donors (Lipinski definition) is 17. The Morgan fingerprint density at radius 3 is 1.67 bits per heavy atom. The summed E-state index contributed by atoms with van der Waals surface area (Å²) in [6, 6.07) is -8.20. The molecule has 32 heteroatoms. The number of carboxylic acid groups (broad SMARTS) is 2. The first-order valence-electron chi connectivity index (χ1n) is 28.9. The minimum Gasteiger partial charge on any atom is -0.481 e. The van der Waals surface area contributed by atoms with Crippen LogP contribution in [0.15, 0.2) is 17.1 Å². The van der Waals surface area contributed by atoms with Crippen molar-refractivity contribution in [3.8, 4) is 0 Å². The first kappa shape index (κ1) is 77.0. The van der Waals surface area contributed by atoms with Crippen LogP contribution in [0.5, 0.6) is 0 Å². The highest BCUT2D eigenvalue weighted by Crippen LogP contribution is 2.19. The van der Waals surface area contributed by atoms with Crippen LogP contribution >= 0.6 is 0 Å². The molecule has 0 fully saturated rings. The molecule has 0 spiro atoms. The summed E-state index contributed by atoms with van der Waals surface area (Å²) < 4.78 is 0. The van der Waals surface area contributed by atoms with Crippen LogP contribution in [0.3, 0.4) is 0 Å². The summed E-state index contributed by atoms with van der Waals surface area (Å²) in [5, 5.41) is 49.8. The third kappa shape index (κ3) is 29.3. The number of carbonyl (C=O) groups is 14. The van der Waals surface area contributed by atoms with Crippen molar-refractivity contribution in [3.05, 3.63) is 12.2 Å². The van der Waals surface area contributed by atoms with Gasteiger partial charge in [-0.25, -0.2) is 0 Å². The second-order valence-corrected chi connectivity index (χ2v) is 22.9. The smallest absolute Gasteiger partial charge is 0.305 e. The van der Waals surface area contributed by atoms with Crippen LogP contribution in [-0.4, -0.2) is 186 Å². The molecule has 0 aromatic carbocycles. The lowest BCUT2D eigenvalue weighted by Crippen LogP contribution is -2.69. The molecule has 0 saturated carbocycles. The number of allylic oxidation sites excluding steroid dienone is 2. The topological polar surface area (TPSA) is 514 Å². The summed E-state index contributed by atoms with van der Waals surface area (Å²) in [5.41, 5.74) is 12.7. The van der Waals surface area contributed by atoms with Crippen molar-refractivity contribution in [2.24, 2.45) is 39.9 Å². The highest BCUT2D eigenvalue weighted by Gasteiger charge is 2.42. The zero-order valence-corrected chi connectivity index (χ0v) is 51.2. The van der Waals surface area contributed by atoms with Crippen molar-refractivity contribution in [1.82, 2.24) is 63.8 Å². The number of aldehydes is 3. The fraction of sp³-hybridized carbons (Fsp3) is 0.691. The van der Waals surface area contributed by atoms with Crippen LogP contribution < -0.4 is 81.0 Å². The number of aliphatic carboxylic acids is 2. The number of carbonyl (C=O) groups excluding carboxylic acids is 12. The summed E-state index contributed by atoms with van der Waals surface area (Å²) >= 11 is 0. The van der Waals surface area contributed by atoms with E-state index >= 15 is 0 Å². The van der Waals surface area contributed by atoms with Crippen molar-refractivity contribution in [2.45, 2.75) is 205 Å². The quantitative estimate of drug-likeness (QED) is 0.00973. The fourth-order valence-corrected chi connectivity index (χ4v) is 8.86. The number of hydrogen-bond acceptors (Lipinski definition) is 19. The van der Waals surface area contributed by atoms with Gasteiger partial charge < -0.3 is 89.6 Å². The van der Waals surface area contributed by atoms with Crippen LogP contribution in [0.1, 0.15) is 139 Å². The first-order chi connectivity index (χ1) is 40.7.